The lowest BCUT2D eigenvalue weighted by Crippen LogP contribution is -2.43. The van der Waals surface area contributed by atoms with E-state index in [-0.39, 0.29) is 5.83 Å². The summed E-state index contributed by atoms with van der Waals surface area (Å²) in [5.74, 6) is 8.17. The van der Waals surface area contributed by atoms with Crippen molar-refractivity contribution in [3.8, 4) is 23.3 Å². The van der Waals surface area contributed by atoms with E-state index in [0.717, 1.165) is 12.8 Å². The first-order chi connectivity index (χ1) is 10.3. The molecule has 0 aliphatic heterocycles. The quantitative estimate of drug-likeness (QED) is 0.292. The lowest BCUT2D eigenvalue weighted by Gasteiger charge is -2.37. The van der Waals surface area contributed by atoms with Gasteiger partial charge in [-0.15, -0.1) is 5.54 Å². The molecule has 0 aromatic heterocycles. The zero-order valence-corrected chi connectivity index (χ0v) is 16.5. The number of hydrogen-bond acceptors (Lipinski definition) is 0. The molecule has 0 N–H and O–H groups in total. The predicted molar refractivity (Wildman–Crippen MR) is 99.9 cm³/mol. The van der Waals surface area contributed by atoms with Gasteiger partial charge in [-0.2, -0.15) is 4.39 Å². The minimum atomic E-state index is -1.85. The molecule has 22 heavy (non-hydrogen) atoms. The van der Waals surface area contributed by atoms with Crippen LogP contribution in [0.25, 0.3) is 0 Å². The van der Waals surface area contributed by atoms with Crippen LogP contribution < -0.4 is 0 Å². The summed E-state index contributed by atoms with van der Waals surface area (Å²) in [6.07, 6.45) is 5.64. The number of unbranched alkanes of at least 4 members (excludes halogenated alkanes) is 3. The third-order valence-corrected chi connectivity index (χ3v) is 10.8. The maximum absolute atomic E-state index is 13.9. The summed E-state index contributed by atoms with van der Waals surface area (Å²) < 4.78 is 13.9. The maximum atomic E-state index is 13.9. The summed E-state index contributed by atoms with van der Waals surface area (Å²) in [6.45, 7) is 15.6. The van der Waals surface area contributed by atoms with Crippen molar-refractivity contribution in [1.29, 1.82) is 0 Å². The Hall–Kier alpha value is -0.993. The van der Waals surface area contributed by atoms with Crippen molar-refractivity contribution in [3.05, 3.63) is 11.9 Å². The molecule has 0 amide bonds. The van der Waals surface area contributed by atoms with Gasteiger partial charge in [0.1, 0.15) is 8.07 Å². The molecule has 0 aliphatic carbocycles. The maximum Gasteiger partial charge on any atom is 0.180 e. The second-order valence-electron chi connectivity index (χ2n) is 6.92. The summed E-state index contributed by atoms with van der Waals surface area (Å²) in [7, 11) is -1.85. The second-order valence-corrected chi connectivity index (χ2v) is 12.5. The highest BCUT2D eigenvalue weighted by Crippen LogP contribution is 2.40. The van der Waals surface area contributed by atoms with Gasteiger partial charge < -0.3 is 0 Å². The van der Waals surface area contributed by atoms with Crippen molar-refractivity contribution < 1.29 is 4.39 Å². The zero-order chi connectivity index (χ0) is 17.2. The van der Waals surface area contributed by atoms with Gasteiger partial charge in [0.15, 0.2) is 5.83 Å². The van der Waals surface area contributed by atoms with E-state index in [9.17, 15) is 4.39 Å². The van der Waals surface area contributed by atoms with E-state index in [1.54, 1.807) is 0 Å². The largest absolute Gasteiger partial charge is 0.196 e. The summed E-state index contributed by atoms with van der Waals surface area (Å²) >= 11 is 0. The Morgan fingerprint density at radius 2 is 1.55 bits per heavy atom. The fraction of sp³-hybridized carbons (Fsp3) is 0.700. The van der Waals surface area contributed by atoms with Crippen molar-refractivity contribution in [2.45, 2.75) is 90.8 Å². The molecule has 0 bridgehead atoms. The van der Waals surface area contributed by atoms with E-state index in [2.05, 4.69) is 71.8 Å². The van der Waals surface area contributed by atoms with Crippen LogP contribution >= 0.6 is 0 Å². The SMILES string of the molecule is CCCCCC#C/C=C(\F)C#C[Si](C(C)C)(C(C)C)C(C)C. The molecular formula is C20H33FSi. The average molecular weight is 321 g/mol. The Kier molecular flexibility index (Phi) is 10.2. The van der Waals surface area contributed by atoms with E-state index in [4.69, 9.17) is 0 Å². The smallest absolute Gasteiger partial charge is 0.180 e. The van der Waals surface area contributed by atoms with Crippen LogP contribution in [0.15, 0.2) is 11.9 Å². The van der Waals surface area contributed by atoms with Crippen LogP contribution in [0.4, 0.5) is 4.39 Å². The first-order valence-corrected chi connectivity index (χ1v) is 10.9. The van der Waals surface area contributed by atoms with E-state index in [0.29, 0.717) is 16.6 Å². The van der Waals surface area contributed by atoms with Gasteiger partial charge >= 0.3 is 0 Å². The molecule has 0 heterocycles. The molecule has 2 heteroatoms. The molecule has 0 saturated carbocycles. The number of rotatable bonds is 6. The van der Waals surface area contributed by atoms with Gasteiger partial charge in [-0.05, 0) is 29.0 Å². The van der Waals surface area contributed by atoms with Crippen LogP contribution in [0.2, 0.25) is 16.6 Å². The lowest BCUT2D eigenvalue weighted by molar-refractivity contribution is 0.676. The fourth-order valence-corrected chi connectivity index (χ4v) is 8.49. The molecule has 0 unspecified atom stereocenters. The Bertz CT molecular complexity index is 442. The summed E-state index contributed by atoms with van der Waals surface area (Å²) in [5, 5.41) is 0. The first-order valence-electron chi connectivity index (χ1n) is 8.66. The van der Waals surface area contributed by atoms with Crippen molar-refractivity contribution in [1.82, 2.24) is 0 Å². The number of allylic oxidation sites excluding steroid dienone is 2. The van der Waals surface area contributed by atoms with Gasteiger partial charge in [0.25, 0.3) is 0 Å². The lowest BCUT2D eigenvalue weighted by atomic mass is 10.2. The fourth-order valence-electron chi connectivity index (χ4n) is 3.29. The highest BCUT2D eigenvalue weighted by Gasteiger charge is 2.41. The van der Waals surface area contributed by atoms with Crippen LogP contribution in [0.1, 0.15) is 74.1 Å². The summed E-state index contributed by atoms with van der Waals surface area (Å²) in [5.41, 5.74) is 4.93. The standard InChI is InChI=1S/C20H33FSi/c1-8-9-10-11-12-13-14-20(21)15-16-22(17(2)3,18(4)5)19(6)7/h14,17-19H,8-11H2,1-7H3/b20-14-. The van der Waals surface area contributed by atoms with Gasteiger partial charge in [0, 0.05) is 12.5 Å². The molecule has 0 aromatic rings. The first kappa shape index (κ1) is 21.0. The molecule has 0 fully saturated rings. The van der Waals surface area contributed by atoms with Gasteiger partial charge in [0.2, 0.25) is 0 Å². The second kappa shape index (κ2) is 10.7. The van der Waals surface area contributed by atoms with Crippen molar-refractivity contribution in [3.63, 3.8) is 0 Å². The van der Waals surface area contributed by atoms with E-state index >= 15 is 0 Å². The Morgan fingerprint density at radius 1 is 1.00 bits per heavy atom. The molecule has 0 nitrogen and oxygen atoms in total. The average Bonchev–Trinajstić information content (AvgIpc) is 2.42. The van der Waals surface area contributed by atoms with Crippen LogP contribution in [0.3, 0.4) is 0 Å². The Balaban J connectivity index is 5.06. The van der Waals surface area contributed by atoms with Crippen LogP contribution in [-0.2, 0) is 0 Å². The van der Waals surface area contributed by atoms with Gasteiger partial charge in [-0.3, -0.25) is 0 Å². The van der Waals surface area contributed by atoms with Gasteiger partial charge in [-0.25, -0.2) is 0 Å². The highest BCUT2D eigenvalue weighted by molar-refractivity contribution is 6.90. The predicted octanol–water partition coefficient (Wildman–Crippen LogP) is 6.64. The van der Waals surface area contributed by atoms with Crippen LogP contribution in [0, 0.1) is 23.3 Å². The van der Waals surface area contributed by atoms with E-state index in [1.807, 2.05) is 0 Å². The summed E-state index contributed by atoms with van der Waals surface area (Å²) in [4.78, 5) is 0. The molecule has 0 saturated heterocycles. The number of hydrogen-bond donors (Lipinski definition) is 0. The van der Waals surface area contributed by atoms with Gasteiger partial charge in [0.05, 0.1) is 0 Å². The Morgan fingerprint density at radius 3 is 2.00 bits per heavy atom. The molecule has 124 valence electrons. The molecule has 0 aromatic carbocycles. The minimum absolute atomic E-state index is 0.387. The molecule has 0 aliphatic rings. The van der Waals surface area contributed by atoms with Gasteiger partial charge in [-0.1, -0.05) is 73.1 Å². The third kappa shape index (κ3) is 6.41. The molecule has 0 atom stereocenters. The van der Waals surface area contributed by atoms with Crippen LogP contribution in [0.5, 0.6) is 0 Å². The Labute approximate surface area is 139 Å². The minimum Gasteiger partial charge on any atom is -0.196 e. The molecular weight excluding hydrogens is 287 g/mol. The third-order valence-electron chi connectivity index (χ3n) is 4.47. The monoisotopic (exact) mass is 320 g/mol. The van der Waals surface area contributed by atoms with Crippen LogP contribution in [-0.4, -0.2) is 8.07 Å². The summed E-state index contributed by atoms with van der Waals surface area (Å²) in [6, 6.07) is 0. The molecule has 0 spiro atoms. The van der Waals surface area contributed by atoms with Crippen molar-refractivity contribution in [2.75, 3.05) is 0 Å². The molecule has 0 rings (SSSR count). The molecule has 0 radical (unpaired) electrons. The normalized spacial score (nSPS) is 12.2. The van der Waals surface area contributed by atoms with E-state index in [1.165, 1.54) is 18.9 Å². The van der Waals surface area contributed by atoms with E-state index < -0.39 is 8.07 Å². The zero-order valence-electron chi connectivity index (χ0n) is 15.5. The highest BCUT2D eigenvalue weighted by atomic mass is 28.3. The topological polar surface area (TPSA) is 0 Å². The van der Waals surface area contributed by atoms with Crippen molar-refractivity contribution >= 4 is 8.07 Å². The van der Waals surface area contributed by atoms with Crippen molar-refractivity contribution in [2.24, 2.45) is 0 Å². The number of halogens is 1.